The molecule has 0 saturated heterocycles. The molecule has 2 nitrogen and oxygen atoms in total. The monoisotopic (exact) mass is 295 g/mol. The third kappa shape index (κ3) is 3.72. The molecule has 1 atom stereocenters. The van der Waals surface area contributed by atoms with E-state index in [1.807, 2.05) is 18.2 Å². The van der Waals surface area contributed by atoms with Crippen molar-refractivity contribution in [1.82, 2.24) is 5.32 Å². The summed E-state index contributed by atoms with van der Waals surface area (Å²) in [5.74, 6) is 0.878. The molecule has 0 bridgehead atoms. The van der Waals surface area contributed by atoms with Gasteiger partial charge in [0, 0.05) is 4.88 Å². The van der Waals surface area contributed by atoms with E-state index in [0.717, 1.165) is 23.1 Å². The van der Waals surface area contributed by atoms with E-state index < -0.39 is 0 Å². The Morgan fingerprint density at radius 1 is 1.32 bits per heavy atom. The molecule has 2 rings (SSSR count). The summed E-state index contributed by atoms with van der Waals surface area (Å²) in [4.78, 5) is 1.23. The molecule has 2 aromatic rings. The summed E-state index contributed by atoms with van der Waals surface area (Å²) in [6.45, 7) is 3.13. The number of methoxy groups -OCH3 is 1. The van der Waals surface area contributed by atoms with Crippen LogP contribution in [0.4, 0.5) is 0 Å². The highest BCUT2D eigenvalue weighted by atomic mass is 35.5. The van der Waals surface area contributed by atoms with Gasteiger partial charge in [-0.2, -0.15) is 0 Å². The molecule has 0 fully saturated rings. The van der Waals surface area contributed by atoms with Crippen molar-refractivity contribution in [2.45, 2.75) is 19.4 Å². The summed E-state index contributed by atoms with van der Waals surface area (Å²) in [5.41, 5.74) is 1.20. The van der Waals surface area contributed by atoms with Crippen LogP contribution in [0.25, 0.3) is 0 Å². The van der Waals surface area contributed by atoms with E-state index in [4.69, 9.17) is 16.3 Å². The molecule has 1 N–H and O–H groups in total. The minimum absolute atomic E-state index is 0.174. The lowest BCUT2D eigenvalue weighted by Crippen LogP contribution is -2.22. The van der Waals surface area contributed by atoms with Crippen LogP contribution in [0.2, 0.25) is 4.34 Å². The summed E-state index contributed by atoms with van der Waals surface area (Å²) in [7, 11) is 1.69. The Labute approximate surface area is 123 Å². The first-order chi connectivity index (χ1) is 9.24. The molecule has 0 amide bonds. The minimum atomic E-state index is 0.174. The molecule has 1 unspecified atom stereocenters. The summed E-state index contributed by atoms with van der Waals surface area (Å²) in [6.07, 6.45) is 1.10. The first-order valence-corrected chi connectivity index (χ1v) is 7.56. The highest BCUT2D eigenvalue weighted by Gasteiger charge is 2.15. The van der Waals surface area contributed by atoms with Gasteiger partial charge >= 0.3 is 0 Å². The predicted molar refractivity (Wildman–Crippen MR) is 82.5 cm³/mol. The second-order valence-electron chi connectivity index (χ2n) is 4.31. The molecular weight excluding hydrogens is 278 g/mol. The Morgan fingerprint density at radius 3 is 2.79 bits per heavy atom. The first-order valence-electron chi connectivity index (χ1n) is 6.37. The van der Waals surface area contributed by atoms with Crippen LogP contribution in [0.5, 0.6) is 5.75 Å². The van der Waals surface area contributed by atoms with E-state index in [-0.39, 0.29) is 6.04 Å². The van der Waals surface area contributed by atoms with Crippen LogP contribution >= 0.6 is 22.9 Å². The second-order valence-corrected chi connectivity index (χ2v) is 6.05. The lowest BCUT2D eigenvalue weighted by molar-refractivity contribution is 0.413. The number of hydrogen-bond acceptors (Lipinski definition) is 3. The fourth-order valence-electron chi connectivity index (χ4n) is 1.98. The maximum atomic E-state index is 6.05. The lowest BCUT2D eigenvalue weighted by Gasteiger charge is -2.18. The lowest BCUT2D eigenvalue weighted by atomic mass is 10.0. The molecule has 0 radical (unpaired) electrons. The van der Waals surface area contributed by atoms with Gasteiger partial charge < -0.3 is 10.1 Å². The van der Waals surface area contributed by atoms with Crippen LogP contribution in [-0.2, 0) is 0 Å². The molecule has 0 saturated carbocycles. The fraction of sp³-hybridized carbons (Fsp3) is 0.333. The van der Waals surface area contributed by atoms with E-state index in [1.54, 1.807) is 18.4 Å². The van der Waals surface area contributed by atoms with Crippen LogP contribution in [0.15, 0.2) is 36.4 Å². The van der Waals surface area contributed by atoms with E-state index >= 15 is 0 Å². The van der Waals surface area contributed by atoms with Gasteiger partial charge in [0.05, 0.1) is 17.5 Å². The molecule has 0 aliphatic heterocycles. The van der Waals surface area contributed by atoms with Gasteiger partial charge in [-0.3, -0.25) is 0 Å². The molecule has 0 aliphatic rings. The number of nitrogens with one attached hydrogen (secondary N) is 1. The van der Waals surface area contributed by atoms with Gasteiger partial charge in [-0.1, -0.05) is 30.7 Å². The van der Waals surface area contributed by atoms with Crippen molar-refractivity contribution >= 4 is 22.9 Å². The number of thiophene rings is 1. The van der Waals surface area contributed by atoms with Gasteiger partial charge in [0.2, 0.25) is 0 Å². The average Bonchev–Trinajstić information content (AvgIpc) is 2.86. The van der Waals surface area contributed by atoms with Gasteiger partial charge in [0.25, 0.3) is 0 Å². The number of ether oxygens (including phenoxy) is 1. The molecular formula is C15H18ClNOS. The van der Waals surface area contributed by atoms with Crippen molar-refractivity contribution in [2.75, 3.05) is 13.7 Å². The van der Waals surface area contributed by atoms with Crippen LogP contribution in [0.3, 0.4) is 0 Å². The number of halogens is 1. The maximum absolute atomic E-state index is 6.05. The van der Waals surface area contributed by atoms with E-state index in [1.165, 1.54) is 10.4 Å². The van der Waals surface area contributed by atoms with Crippen molar-refractivity contribution in [2.24, 2.45) is 0 Å². The quantitative estimate of drug-likeness (QED) is 0.847. The summed E-state index contributed by atoms with van der Waals surface area (Å²) < 4.78 is 6.12. The van der Waals surface area contributed by atoms with Crippen molar-refractivity contribution in [3.05, 3.63) is 51.2 Å². The van der Waals surface area contributed by atoms with Crippen molar-refractivity contribution in [3.8, 4) is 5.75 Å². The topological polar surface area (TPSA) is 21.3 Å². The van der Waals surface area contributed by atoms with Crippen LogP contribution in [0, 0.1) is 0 Å². The minimum Gasteiger partial charge on any atom is -0.497 e. The normalized spacial score (nSPS) is 12.4. The van der Waals surface area contributed by atoms with Crippen molar-refractivity contribution < 1.29 is 4.74 Å². The Hall–Kier alpha value is -1.03. The zero-order valence-corrected chi connectivity index (χ0v) is 12.7. The van der Waals surface area contributed by atoms with E-state index in [0.29, 0.717) is 0 Å². The Morgan fingerprint density at radius 2 is 2.16 bits per heavy atom. The molecule has 0 spiro atoms. The molecule has 19 heavy (non-hydrogen) atoms. The SMILES string of the molecule is CCCNC(c1cccc(OC)c1)c1ccc(Cl)s1. The molecule has 4 heteroatoms. The average molecular weight is 296 g/mol. The molecule has 1 heterocycles. The standard InChI is InChI=1S/C15H18ClNOS/c1-3-9-17-15(13-7-8-14(16)19-13)11-5-4-6-12(10-11)18-2/h4-8,10,15,17H,3,9H2,1-2H3. The third-order valence-electron chi connectivity index (χ3n) is 2.90. The van der Waals surface area contributed by atoms with Gasteiger partial charge in [0.15, 0.2) is 0 Å². The Balaban J connectivity index is 2.30. The highest BCUT2D eigenvalue weighted by molar-refractivity contribution is 7.16. The molecule has 102 valence electrons. The highest BCUT2D eigenvalue weighted by Crippen LogP contribution is 2.32. The Kier molecular flexibility index (Phi) is 5.25. The van der Waals surface area contributed by atoms with Gasteiger partial charge in [-0.25, -0.2) is 0 Å². The number of benzene rings is 1. The summed E-state index contributed by atoms with van der Waals surface area (Å²) in [5, 5.41) is 3.56. The molecule has 1 aromatic carbocycles. The first kappa shape index (κ1) is 14.4. The molecule has 0 aliphatic carbocycles. The van der Waals surface area contributed by atoms with Gasteiger partial charge in [-0.05, 0) is 42.8 Å². The van der Waals surface area contributed by atoms with Crippen LogP contribution in [-0.4, -0.2) is 13.7 Å². The molecule has 1 aromatic heterocycles. The maximum Gasteiger partial charge on any atom is 0.119 e. The number of rotatable bonds is 6. The van der Waals surface area contributed by atoms with Crippen LogP contribution in [0.1, 0.15) is 29.8 Å². The van der Waals surface area contributed by atoms with Gasteiger partial charge in [0.1, 0.15) is 5.75 Å². The summed E-state index contributed by atoms with van der Waals surface area (Å²) >= 11 is 7.67. The third-order valence-corrected chi connectivity index (χ3v) is 4.20. The zero-order chi connectivity index (χ0) is 13.7. The van der Waals surface area contributed by atoms with Gasteiger partial charge in [-0.15, -0.1) is 11.3 Å². The summed E-state index contributed by atoms with van der Waals surface area (Å²) in [6, 6.07) is 12.4. The van der Waals surface area contributed by atoms with E-state index in [9.17, 15) is 0 Å². The Bertz CT molecular complexity index is 526. The van der Waals surface area contributed by atoms with Crippen molar-refractivity contribution in [3.63, 3.8) is 0 Å². The van der Waals surface area contributed by atoms with Crippen LogP contribution < -0.4 is 10.1 Å². The van der Waals surface area contributed by atoms with E-state index in [2.05, 4.69) is 30.4 Å². The largest absolute Gasteiger partial charge is 0.497 e. The predicted octanol–water partition coefficient (Wildman–Crippen LogP) is 4.50. The zero-order valence-electron chi connectivity index (χ0n) is 11.2. The second kappa shape index (κ2) is 6.94. The fourth-order valence-corrected chi connectivity index (χ4v) is 3.14. The number of hydrogen-bond donors (Lipinski definition) is 1. The van der Waals surface area contributed by atoms with Crippen molar-refractivity contribution in [1.29, 1.82) is 0 Å². The smallest absolute Gasteiger partial charge is 0.119 e.